The molecule has 0 amide bonds. The molecule has 0 radical (unpaired) electrons. The van der Waals surface area contributed by atoms with Gasteiger partial charge in [-0.15, -0.1) is 0 Å². The Morgan fingerprint density at radius 2 is 0.758 bits per heavy atom. The Bertz CT molecular complexity index is 1160. The van der Waals surface area contributed by atoms with Crippen LogP contribution in [0.15, 0.2) is 85.1 Å². The fourth-order valence-electron chi connectivity index (χ4n) is 7.02. The summed E-state index contributed by atoms with van der Waals surface area (Å²) in [4.78, 5) is 25.4. The topological polar surface area (TPSA) is 61.8 Å². The van der Waals surface area contributed by atoms with Gasteiger partial charge >= 0.3 is 11.9 Å². The summed E-state index contributed by atoms with van der Waals surface area (Å²) in [5.74, 6) is -0.501. The van der Waals surface area contributed by atoms with E-state index in [0.717, 1.165) is 64.2 Å². The number of ether oxygens (including phenoxy) is 3. The Balaban J connectivity index is 4.36. The van der Waals surface area contributed by atoms with Crippen LogP contribution in [0.3, 0.4) is 0 Å². The monoisotopic (exact) mass is 863 g/mol. The standard InChI is InChI=1S/C57H98O5/c1-4-7-10-13-16-19-22-25-27-29-30-33-35-38-41-44-47-50-56(58)61-54-55(62-57(59)51-48-45-42-39-36-32-24-21-18-15-12-9-6-3)53-60-52-49-46-43-40-37-34-31-28-26-23-20-17-14-11-8-5-2/h9,12,17-18,20-21,25-28,32,36,42,45,55H,4-8,10-11,13-16,19,22-24,29-31,33-35,37-41,43-44,46-54H2,1-3H3/b12-9-,20-17-,21-18-,27-25-,28-26-,36-32-,45-42-. The van der Waals surface area contributed by atoms with E-state index in [1.54, 1.807) is 0 Å². The van der Waals surface area contributed by atoms with Crippen LogP contribution in [-0.2, 0) is 23.8 Å². The van der Waals surface area contributed by atoms with E-state index in [4.69, 9.17) is 14.2 Å². The third-order valence-corrected chi connectivity index (χ3v) is 10.9. The first-order valence-corrected chi connectivity index (χ1v) is 26.1. The van der Waals surface area contributed by atoms with E-state index >= 15 is 0 Å². The van der Waals surface area contributed by atoms with Crippen LogP contribution >= 0.6 is 0 Å². The highest BCUT2D eigenvalue weighted by Crippen LogP contribution is 2.13. The molecule has 0 aliphatic rings. The average Bonchev–Trinajstić information content (AvgIpc) is 3.27. The second-order valence-corrected chi connectivity index (χ2v) is 17.0. The number of carbonyl (C=O) groups is 2. The van der Waals surface area contributed by atoms with Crippen LogP contribution in [0.1, 0.15) is 239 Å². The summed E-state index contributed by atoms with van der Waals surface area (Å²) in [5.41, 5.74) is 0. The molecule has 5 heteroatoms. The van der Waals surface area contributed by atoms with Crippen molar-refractivity contribution in [3.05, 3.63) is 85.1 Å². The lowest BCUT2D eigenvalue weighted by molar-refractivity contribution is -0.162. The zero-order chi connectivity index (χ0) is 44.9. The van der Waals surface area contributed by atoms with Crippen molar-refractivity contribution in [2.24, 2.45) is 0 Å². The van der Waals surface area contributed by atoms with Gasteiger partial charge in [0.25, 0.3) is 0 Å². The van der Waals surface area contributed by atoms with Crippen molar-refractivity contribution in [3.8, 4) is 0 Å². The fraction of sp³-hybridized carbons (Fsp3) is 0.719. The van der Waals surface area contributed by atoms with Crippen LogP contribution in [-0.4, -0.2) is 37.9 Å². The van der Waals surface area contributed by atoms with Crippen molar-refractivity contribution in [2.75, 3.05) is 19.8 Å². The van der Waals surface area contributed by atoms with Crippen LogP contribution in [0.2, 0.25) is 0 Å². The first-order valence-electron chi connectivity index (χ1n) is 26.1. The van der Waals surface area contributed by atoms with E-state index in [2.05, 4.69) is 99.8 Å². The quantitative estimate of drug-likeness (QED) is 0.0346. The first kappa shape index (κ1) is 59.1. The molecule has 0 spiro atoms. The van der Waals surface area contributed by atoms with Crippen LogP contribution in [0.25, 0.3) is 0 Å². The Morgan fingerprint density at radius 3 is 1.27 bits per heavy atom. The summed E-state index contributed by atoms with van der Waals surface area (Å²) >= 11 is 0. The number of hydrogen-bond donors (Lipinski definition) is 0. The highest BCUT2D eigenvalue weighted by Gasteiger charge is 2.17. The molecule has 0 aromatic carbocycles. The maximum Gasteiger partial charge on any atom is 0.306 e. The molecule has 0 saturated carbocycles. The van der Waals surface area contributed by atoms with E-state index < -0.39 is 6.10 Å². The molecule has 0 aromatic rings. The molecule has 0 bridgehead atoms. The van der Waals surface area contributed by atoms with Crippen LogP contribution in [0.5, 0.6) is 0 Å². The Kier molecular flexibility index (Phi) is 50.0. The van der Waals surface area contributed by atoms with Crippen molar-refractivity contribution in [3.63, 3.8) is 0 Å². The highest BCUT2D eigenvalue weighted by molar-refractivity contribution is 5.70. The number of rotatable bonds is 47. The number of hydrogen-bond acceptors (Lipinski definition) is 5. The molecule has 0 aliphatic carbocycles. The number of carbonyl (C=O) groups excluding carboxylic acids is 2. The third kappa shape index (κ3) is 49.7. The molecule has 0 aromatic heterocycles. The molecule has 5 nitrogen and oxygen atoms in total. The predicted molar refractivity (Wildman–Crippen MR) is 270 cm³/mol. The highest BCUT2D eigenvalue weighted by atomic mass is 16.6. The predicted octanol–water partition coefficient (Wildman–Crippen LogP) is 17.7. The lowest BCUT2D eigenvalue weighted by Crippen LogP contribution is -2.30. The Labute approximate surface area is 384 Å². The summed E-state index contributed by atoms with van der Waals surface area (Å²) in [6, 6.07) is 0. The number of esters is 2. The van der Waals surface area contributed by atoms with Gasteiger partial charge in [-0.1, -0.05) is 209 Å². The van der Waals surface area contributed by atoms with Gasteiger partial charge in [-0.2, -0.15) is 0 Å². The minimum absolute atomic E-state index is 0.0473. The van der Waals surface area contributed by atoms with Crippen LogP contribution in [0, 0.1) is 0 Å². The zero-order valence-corrected chi connectivity index (χ0v) is 40.9. The van der Waals surface area contributed by atoms with Gasteiger partial charge in [0.2, 0.25) is 0 Å². The first-order chi connectivity index (χ1) is 30.6. The molecule has 1 atom stereocenters. The molecule has 0 saturated heterocycles. The fourth-order valence-corrected chi connectivity index (χ4v) is 7.02. The molecular weight excluding hydrogens is 765 g/mol. The number of allylic oxidation sites excluding steroid dienone is 14. The summed E-state index contributed by atoms with van der Waals surface area (Å²) < 4.78 is 17.3. The lowest BCUT2D eigenvalue weighted by Gasteiger charge is -2.18. The molecule has 1 unspecified atom stereocenters. The summed E-state index contributed by atoms with van der Waals surface area (Å²) in [6.07, 6.45) is 68.9. The molecule has 356 valence electrons. The van der Waals surface area contributed by atoms with Gasteiger partial charge < -0.3 is 14.2 Å². The molecule has 0 heterocycles. The maximum atomic E-state index is 12.7. The van der Waals surface area contributed by atoms with E-state index in [9.17, 15) is 9.59 Å². The van der Waals surface area contributed by atoms with Gasteiger partial charge in [0.05, 0.1) is 6.61 Å². The van der Waals surface area contributed by atoms with Crippen molar-refractivity contribution in [1.29, 1.82) is 0 Å². The second-order valence-electron chi connectivity index (χ2n) is 17.0. The second kappa shape index (κ2) is 52.4. The Morgan fingerprint density at radius 1 is 0.371 bits per heavy atom. The van der Waals surface area contributed by atoms with Crippen molar-refractivity contribution in [1.82, 2.24) is 0 Å². The van der Waals surface area contributed by atoms with E-state index in [0.29, 0.717) is 25.9 Å². The van der Waals surface area contributed by atoms with Crippen LogP contribution in [0.4, 0.5) is 0 Å². The molecule has 0 aliphatic heterocycles. The van der Waals surface area contributed by atoms with E-state index in [-0.39, 0.29) is 25.2 Å². The van der Waals surface area contributed by atoms with Gasteiger partial charge in [0.15, 0.2) is 6.10 Å². The minimum atomic E-state index is -0.584. The Hall–Kier alpha value is -2.92. The molecule has 0 fully saturated rings. The van der Waals surface area contributed by atoms with Gasteiger partial charge in [0.1, 0.15) is 6.61 Å². The summed E-state index contributed by atoms with van der Waals surface area (Å²) in [7, 11) is 0. The lowest BCUT2D eigenvalue weighted by atomic mass is 10.1. The normalized spacial score (nSPS) is 12.9. The van der Waals surface area contributed by atoms with E-state index in [1.807, 2.05) is 6.08 Å². The van der Waals surface area contributed by atoms with Gasteiger partial charge in [0, 0.05) is 19.4 Å². The third-order valence-electron chi connectivity index (χ3n) is 10.9. The molecule has 0 rings (SSSR count). The van der Waals surface area contributed by atoms with Crippen LogP contribution < -0.4 is 0 Å². The maximum absolute atomic E-state index is 12.7. The van der Waals surface area contributed by atoms with Crippen molar-refractivity contribution in [2.45, 2.75) is 245 Å². The van der Waals surface area contributed by atoms with Crippen molar-refractivity contribution >= 4 is 11.9 Å². The average molecular weight is 863 g/mol. The van der Waals surface area contributed by atoms with E-state index in [1.165, 1.54) is 135 Å². The SMILES string of the molecule is CC/C=C\C/C=C\C/C=C\C/C=C\CCC(=O)OC(COCCCCCCCC/C=C\C/C=C\CCCCC)COC(=O)CCCCCCCCC/C=C\CCCCCCCC. The van der Waals surface area contributed by atoms with Crippen molar-refractivity contribution < 1.29 is 23.8 Å². The summed E-state index contributed by atoms with van der Waals surface area (Å²) in [5, 5.41) is 0. The smallest absolute Gasteiger partial charge is 0.306 e. The summed E-state index contributed by atoms with van der Waals surface area (Å²) in [6.45, 7) is 7.58. The minimum Gasteiger partial charge on any atom is -0.462 e. The zero-order valence-electron chi connectivity index (χ0n) is 40.9. The molecule has 0 N–H and O–H groups in total. The van der Waals surface area contributed by atoms with Gasteiger partial charge in [-0.05, 0) is 103 Å². The van der Waals surface area contributed by atoms with Gasteiger partial charge in [-0.25, -0.2) is 0 Å². The number of unbranched alkanes of at least 4 members (excludes halogenated alkanes) is 22. The van der Waals surface area contributed by atoms with Gasteiger partial charge in [-0.3, -0.25) is 9.59 Å². The largest absolute Gasteiger partial charge is 0.462 e. The molecular formula is C57H98O5. The molecule has 62 heavy (non-hydrogen) atoms.